The highest BCUT2D eigenvalue weighted by atomic mass is 16.3. The number of hydrogen-bond donors (Lipinski definition) is 2. The number of β-amino-alcohol motifs (C(OH)–C–C–N with tert-alkyl or cyclic N) is 1. The maximum atomic E-state index is 12.6. The minimum Gasteiger partial charge on any atom is -0.459 e. The van der Waals surface area contributed by atoms with Crippen molar-refractivity contribution in [2.75, 3.05) is 39.3 Å². The fraction of sp³-hybridized carbons (Fsp3) is 0.526. The van der Waals surface area contributed by atoms with Gasteiger partial charge in [-0.2, -0.15) is 0 Å². The highest BCUT2D eigenvalue weighted by molar-refractivity contribution is 5.82. The smallest absolute Gasteiger partial charge is 0.237 e. The van der Waals surface area contributed by atoms with Gasteiger partial charge in [-0.1, -0.05) is 18.2 Å². The lowest BCUT2D eigenvalue weighted by atomic mass is 10.1. The number of nitrogens with zero attached hydrogens (tertiary/aromatic N) is 2. The van der Waals surface area contributed by atoms with Crippen molar-refractivity contribution in [2.45, 2.75) is 25.9 Å². The molecule has 1 aromatic heterocycles. The number of aliphatic hydroxyl groups excluding tert-OH is 1. The topological polar surface area (TPSA) is 69.0 Å². The Hall–Kier alpha value is -1.89. The SMILES string of the molecule is C[C@@H](NC(=O)[C@H](C)N1CCN(CCO)CC1)c1cc2ccccc2o1. The van der Waals surface area contributed by atoms with Crippen LogP contribution in [0.25, 0.3) is 11.0 Å². The molecule has 1 aromatic carbocycles. The van der Waals surface area contributed by atoms with E-state index in [9.17, 15) is 4.79 Å². The quantitative estimate of drug-likeness (QED) is 0.832. The Morgan fingerprint density at radius 2 is 1.96 bits per heavy atom. The molecule has 136 valence electrons. The number of rotatable bonds is 6. The van der Waals surface area contributed by atoms with Gasteiger partial charge in [-0.15, -0.1) is 0 Å². The standard InChI is InChI=1S/C19H27N3O3/c1-14(18-13-16-5-3-4-6-17(16)25-18)20-19(24)15(2)22-9-7-21(8-10-22)11-12-23/h3-6,13-15,23H,7-12H2,1-2H3,(H,20,24)/t14-,15+/m1/s1. The molecular weight excluding hydrogens is 318 g/mol. The highest BCUT2D eigenvalue weighted by Crippen LogP contribution is 2.23. The van der Waals surface area contributed by atoms with Gasteiger partial charge in [-0.3, -0.25) is 14.6 Å². The first-order valence-corrected chi connectivity index (χ1v) is 8.94. The number of carbonyl (C=O) groups is 1. The number of furan rings is 1. The van der Waals surface area contributed by atoms with Gasteiger partial charge >= 0.3 is 0 Å². The summed E-state index contributed by atoms with van der Waals surface area (Å²) >= 11 is 0. The Morgan fingerprint density at radius 3 is 2.64 bits per heavy atom. The third kappa shape index (κ3) is 4.21. The molecular formula is C19H27N3O3. The molecule has 0 aliphatic carbocycles. The first kappa shape index (κ1) is 17.9. The lowest BCUT2D eigenvalue weighted by molar-refractivity contribution is -0.127. The van der Waals surface area contributed by atoms with Crippen molar-refractivity contribution >= 4 is 16.9 Å². The van der Waals surface area contributed by atoms with Crippen LogP contribution < -0.4 is 5.32 Å². The largest absolute Gasteiger partial charge is 0.459 e. The predicted molar refractivity (Wildman–Crippen MR) is 97.3 cm³/mol. The van der Waals surface area contributed by atoms with Crippen LogP contribution in [0.3, 0.4) is 0 Å². The molecule has 1 saturated heterocycles. The number of amides is 1. The monoisotopic (exact) mass is 345 g/mol. The zero-order valence-electron chi connectivity index (χ0n) is 14.9. The Morgan fingerprint density at radius 1 is 1.24 bits per heavy atom. The summed E-state index contributed by atoms with van der Waals surface area (Å²) < 4.78 is 5.84. The van der Waals surface area contributed by atoms with Crippen molar-refractivity contribution < 1.29 is 14.3 Å². The molecule has 6 heteroatoms. The number of fused-ring (bicyclic) bond motifs is 1. The maximum absolute atomic E-state index is 12.6. The summed E-state index contributed by atoms with van der Waals surface area (Å²) in [6, 6.07) is 9.49. The molecule has 3 rings (SSSR count). The first-order valence-electron chi connectivity index (χ1n) is 8.94. The summed E-state index contributed by atoms with van der Waals surface area (Å²) in [5, 5.41) is 13.1. The third-order valence-electron chi connectivity index (χ3n) is 4.98. The van der Waals surface area contributed by atoms with Crippen molar-refractivity contribution in [1.29, 1.82) is 0 Å². The molecule has 1 amide bonds. The van der Waals surface area contributed by atoms with Gasteiger partial charge in [0.25, 0.3) is 0 Å². The van der Waals surface area contributed by atoms with E-state index in [0.717, 1.165) is 42.9 Å². The van der Waals surface area contributed by atoms with Gasteiger partial charge in [0.1, 0.15) is 11.3 Å². The van der Waals surface area contributed by atoms with E-state index in [0.29, 0.717) is 6.54 Å². The van der Waals surface area contributed by atoms with Crippen LogP contribution in [-0.4, -0.2) is 66.2 Å². The molecule has 0 bridgehead atoms. The molecule has 1 aliphatic heterocycles. The van der Waals surface area contributed by atoms with E-state index in [2.05, 4.69) is 15.1 Å². The van der Waals surface area contributed by atoms with Crippen LogP contribution in [0, 0.1) is 0 Å². The molecule has 0 spiro atoms. The molecule has 0 unspecified atom stereocenters. The zero-order chi connectivity index (χ0) is 17.8. The van der Waals surface area contributed by atoms with Crippen molar-refractivity contribution in [3.8, 4) is 0 Å². The van der Waals surface area contributed by atoms with E-state index in [4.69, 9.17) is 9.52 Å². The summed E-state index contributed by atoms with van der Waals surface area (Å²) in [6.07, 6.45) is 0. The van der Waals surface area contributed by atoms with Crippen LogP contribution >= 0.6 is 0 Å². The summed E-state index contributed by atoms with van der Waals surface area (Å²) in [5.74, 6) is 0.790. The van der Waals surface area contributed by atoms with Crippen LogP contribution in [0.2, 0.25) is 0 Å². The molecule has 6 nitrogen and oxygen atoms in total. The first-order chi connectivity index (χ1) is 12.1. The Labute approximate surface area is 148 Å². The summed E-state index contributed by atoms with van der Waals surface area (Å²) in [4.78, 5) is 17.0. The summed E-state index contributed by atoms with van der Waals surface area (Å²) in [6.45, 7) is 8.24. The number of para-hydroxylation sites is 1. The number of benzene rings is 1. The molecule has 2 atom stereocenters. The molecule has 0 saturated carbocycles. The van der Waals surface area contributed by atoms with Crippen LogP contribution in [-0.2, 0) is 4.79 Å². The number of aliphatic hydroxyl groups is 1. The van der Waals surface area contributed by atoms with E-state index < -0.39 is 0 Å². The van der Waals surface area contributed by atoms with E-state index in [1.165, 1.54) is 0 Å². The van der Waals surface area contributed by atoms with E-state index in [1.807, 2.05) is 44.2 Å². The van der Waals surface area contributed by atoms with Gasteiger partial charge in [-0.05, 0) is 26.0 Å². The molecule has 2 heterocycles. The van der Waals surface area contributed by atoms with Gasteiger partial charge in [0.2, 0.25) is 5.91 Å². The number of carbonyl (C=O) groups excluding carboxylic acids is 1. The van der Waals surface area contributed by atoms with Gasteiger partial charge in [0, 0.05) is 38.1 Å². The van der Waals surface area contributed by atoms with Crippen molar-refractivity contribution in [3.63, 3.8) is 0 Å². The minimum atomic E-state index is -0.178. The van der Waals surface area contributed by atoms with Crippen LogP contribution in [0.15, 0.2) is 34.7 Å². The Balaban J connectivity index is 1.56. The Kier molecular flexibility index (Phi) is 5.73. The normalized spacial score (nSPS) is 19.0. The van der Waals surface area contributed by atoms with Crippen LogP contribution in [0.4, 0.5) is 0 Å². The second-order valence-corrected chi connectivity index (χ2v) is 6.69. The fourth-order valence-corrected chi connectivity index (χ4v) is 3.30. The van der Waals surface area contributed by atoms with E-state index >= 15 is 0 Å². The average Bonchev–Trinajstić information content (AvgIpc) is 3.06. The minimum absolute atomic E-state index is 0.0172. The van der Waals surface area contributed by atoms with Crippen molar-refractivity contribution in [2.24, 2.45) is 0 Å². The molecule has 1 aliphatic rings. The van der Waals surface area contributed by atoms with Gasteiger partial charge in [0.15, 0.2) is 0 Å². The van der Waals surface area contributed by atoms with E-state index in [-0.39, 0.29) is 24.6 Å². The second kappa shape index (κ2) is 7.99. The number of piperazine rings is 1. The fourth-order valence-electron chi connectivity index (χ4n) is 3.30. The van der Waals surface area contributed by atoms with Gasteiger partial charge < -0.3 is 14.8 Å². The summed E-state index contributed by atoms with van der Waals surface area (Å²) in [5.41, 5.74) is 0.839. The maximum Gasteiger partial charge on any atom is 0.237 e. The highest BCUT2D eigenvalue weighted by Gasteiger charge is 2.26. The molecule has 25 heavy (non-hydrogen) atoms. The van der Waals surface area contributed by atoms with Crippen LogP contribution in [0.1, 0.15) is 25.6 Å². The molecule has 1 fully saturated rings. The average molecular weight is 345 g/mol. The number of hydrogen-bond acceptors (Lipinski definition) is 5. The third-order valence-corrected chi connectivity index (χ3v) is 4.98. The van der Waals surface area contributed by atoms with E-state index in [1.54, 1.807) is 0 Å². The van der Waals surface area contributed by atoms with Crippen molar-refractivity contribution in [1.82, 2.24) is 15.1 Å². The Bertz CT molecular complexity index is 674. The zero-order valence-corrected chi connectivity index (χ0v) is 14.9. The lowest BCUT2D eigenvalue weighted by Crippen LogP contribution is -2.54. The summed E-state index contributed by atoms with van der Waals surface area (Å²) in [7, 11) is 0. The van der Waals surface area contributed by atoms with Crippen LogP contribution in [0.5, 0.6) is 0 Å². The molecule has 0 radical (unpaired) electrons. The predicted octanol–water partition coefficient (Wildman–Crippen LogP) is 1.61. The number of nitrogens with one attached hydrogen (secondary N) is 1. The molecule has 2 N–H and O–H groups in total. The van der Waals surface area contributed by atoms with Crippen molar-refractivity contribution in [3.05, 3.63) is 36.1 Å². The lowest BCUT2D eigenvalue weighted by Gasteiger charge is -2.37. The van der Waals surface area contributed by atoms with Gasteiger partial charge in [-0.25, -0.2) is 0 Å². The molecule has 2 aromatic rings. The second-order valence-electron chi connectivity index (χ2n) is 6.69. The van der Waals surface area contributed by atoms with Gasteiger partial charge in [0.05, 0.1) is 18.7 Å².